The van der Waals surface area contributed by atoms with Crippen LogP contribution in [-0.2, 0) is 11.2 Å². The van der Waals surface area contributed by atoms with E-state index >= 15 is 0 Å². The first kappa shape index (κ1) is 15.8. The van der Waals surface area contributed by atoms with Crippen molar-refractivity contribution in [3.63, 3.8) is 0 Å². The molecular formula is C14H21N3O3S. The second kappa shape index (κ2) is 6.89. The van der Waals surface area contributed by atoms with Gasteiger partial charge in [-0.25, -0.2) is 9.78 Å². The van der Waals surface area contributed by atoms with E-state index in [1.807, 2.05) is 6.92 Å². The van der Waals surface area contributed by atoms with Crippen LogP contribution >= 0.6 is 11.3 Å². The van der Waals surface area contributed by atoms with Crippen LogP contribution in [0.1, 0.15) is 47.3 Å². The second-order valence-electron chi connectivity index (χ2n) is 5.29. The fraction of sp³-hybridized carbons (Fsp3) is 0.643. The van der Waals surface area contributed by atoms with Crippen LogP contribution in [0.25, 0.3) is 0 Å². The minimum Gasteiger partial charge on any atom is -0.481 e. The first-order valence-corrected chi connectivity index (χ1v) is 7.99. The number of carbonyl (C=O) groups is 2. The van der Waals surface area contributed by atoms with Crippen molar-refractivity contribution in [3.8, 4) is 0 Å². The molecule has 21 heavy (non-hydrogen) atoms. The van der Waals surface area contributed by atoms with Gasteiger partial charge in [0.1, 0.15) is 0 Å². The summed E-state index contributed by atoms with van der Waals surface area (Å²) in [6.45, 7) is 2.38. The molecule has 7 heteroatoms. The maximum atomic E-state index is 12.2. The number of amides is 2. The maximum absolute atomic E-state index is 12.2. The van der Waals surface area contributed by atoms with E-state index in [4.69, 9.17) is 5.11 Å². The minimum atomic E-state index is -0.838. The summed E-state index contributed by atoms with van der Waals surface area (Å²) in [6, 6.07) is -0.0660. The Kier molecular flexibility index (Phi) is 5.17. The van der Waals surface area contributed by atoms with Gasteiger partial charge in [0, 0.05) is 20.0 Å². The first-order valence-electron chi connectivity index (χ1n) is 7.17. The molecule has 0 aliphatic heterocycles. The molecule has 0 saturated heterocycles. The molecule has 0 radical (unpaired) electrons. The monoisotopic (exact) mass is 311 g/mol. The molecule has 1 aliphatic rings. The second-order valence-corrected chi connectivity index (χ2v) is 6.53. The molecule has 1 heterocycles. The summed E-state index contributed by atoms with van der Waals surface area (Å²) in [5.41, 5.74) is 1.12. The average molecular weight is 311 g/mol. The van der Waals surface area contributed by atoms with Gasteiger partial charge in [0.25, 0.3) is 0 Å². The number of fused-ring (bicyclic) bond motifs is 1. The summed E-state index contributed by atoms with van der Waals surface area (Å²) in [6.07, 6.45) is 3.51. The number of urea groups is 1. The molecule has 0 bridgehead atoms. The Morgan fingerprint density at radius 2 is 2.29 bits per heavy atom. The number of carboxylic acid groups (broad SMARTS) is 1. The minimum absolute atomic E-state index is 0.0750. The summed E-state index contributed by atoms with van der Waals surface area (Å²) >= 11 is 1.67. The first-order chi connectivity index (χ1) is 9.99. The normalized spacial score (nSPS) is 17.1. The predicted molar refractivity (Wildman–Crippen MR) is 80.6 cm³/mol. The highest BCUT2D eigenvalue weighted by Gasteiger charge is 2.29. The molecule has 1 aromatic rings. The van der Waals surface area contributed by atoms with E-state index in [2.05, 4.69) is 10.3 Å². The van der Waals surface area contributed by atoms with E-state index in [0.29, 0.717) is 13.0 Å². The van der Waals surface area contributed by atoms with Crippen LogP contribution in [0, 0.1) is 6.92 Å². The van der Waals surface area contributed by atoms with E-state index in [9.17, 15) is 9.59 Å². The third-order valence-electron chi connectivity index (χ3n) is 3.66. The van der Waals surface area contributed by atoms with Gasteiger partial charge < -0.3 is 15.3 Å². The summed E-state index contributed by atoms with van der Waals surface area (Å²) in [5, 5.41) is 12.4. The van der Waals surface area contributed by atoms with Gasteiger partial charge in [0.05, 0.1) is 21.6 Å². The van der Waals surface area contributed by atoms with Crippen molar-refractivity contribution >= 4 is 23.3 Å². The third kappa shape index (κ3) is 3.93. The molecule has 0 aromatic carbocycles. The molecule has 2 rings (SSSR count). The van der Waals surface area contributed by atoms with Gasteiger partial charge in [-0.05, 0) is 32.6 Å². The number of nitrogens with zero attached hydrogens (tertiary/aromatic N) is 2. The van der Waals surface area contributed by atoms with Gasteiger partial charge in [0.2, 0.25) is 0 Å². The highest BCUT2D eigenvalue weighted by Crippen LogP contribution is 2.37. The molecular weight excluding hydrogens is 290 g/mol. The molecule has 2 amide bonds. The molecule has 6 nitrogen and oxygen atoms in total. The lowest BCUT2D eigenvalue weighted by atomic mass is 9.97. The molecule has 2 N–H and O–H groups in total. The van der Waals surface area contributed by atoms with E-state index < -0.39 is 5.97 Å². The molecule has 1 aliphatic carbocycles. The Hall–Kier alpha value is -1.63. The lowest BCUT2D eigenvalue weighted by Gasteiger charge is -2.30. The Bertz CT molecular complexity index is 530. The van der Waals surface area contributed by atoms with Crippen molar-refractivity contribution in [2.24, 2.45) is 0 Å². The van der Waals surface area contributed by atoms with Gasteiger partial charge in [-0.15, -0.1) is 11.3 Å². The summed E-state index contributed by atoms with van der Waals surface area (Å²) < 4.78 is 0. The number of carbonyl (C=O) groups excluding carboxylic acids is 1. The molecule has 0 saturated carbocycles. The summed E-state index contributed by atoms with van der Waals surface area (Å²) in [5.74, 6) is -0.838. The predicted octanol–water partition coefficient (Wildman–Crippen LogP) is 2.34. The number of thiazole rings is 1. The van der Waals surface area contributed by atoms with Gasteiger partial charge in [-0.2, -0.15) is 0 Å². The zero-order chi connectivity index (χ0) is 15.4. The SMILES string of the molecule is Cc1nc2c(s1)C(N(C)C(=O)NCCCC(=O)O)CCC2. The van der Waals surface area contributed by atoms with Crippen LogP contribution in [0.15, 0.2) is 0 Å². The van der Waals surface area contributed by atoms with Crippen LogP contribution in [0.2, 0.25) is 0 Å². The van der Waals surface area contributed by atoms with Crippen LogP contribution < -0.4 is 5.32 Å². The Labute approximate surface area is 128 Å². The van der Waals surface area contributed by atoms with Crippen molar-refractivity contribution in [3.05, 3.63) is 15.6 Å². The zero-order valence-electron chi connectivity index (χ0n) is 12.4. The molecule has 0 fully saturated rings. The molecule has 1 atom stereocenters. The third-order valence-corrected chi connectivity index (χ3v) is 4.77. The number of aromatic nitrogens is 1. The van der Waals surface area contributed by atoms with Crippen molar-refractivity contribution < 1.29 is 14.7 Å². The lowest BCUT2D eigenvalue weighted by molar-refractivity contribution is -0.137. The topological polar surface area (TPSA) is 82.5 Å². The fourth-order valence-corrected chi connectivity index (χ4v) is 3.74. The standard InChI is InChI=1S/C14H21N3O3S/c1-9-16-10-5-3-6-11(13(10)21-9)17(2)14(20)15-8-4-7-12(18)19/h11H,3-8H2,1-2H3,(H,15,20)(H,18,19). The van der Waals surface area contributed by atoms with Crippen molar-refractivity contribution in [2.75, 3.05) is 13.6 Å². The molecule has 116 valence electrons. The number of aliphatic carboxylic acids is 1. The average Bonchev–Trinajstić information content (AvgIpc) is 2.82. The van der Waals surface area contributed by atoms with E-state index in [1.165, 1.54) is 4.88 Å². The van der Waals surface area contributed by atoms with Crippen LogP contribution in [0.5, 0.6) is 0 Å². The smallest absolute Gasteiger partial charge is 0.317 e. The highest BCUT2D eigenvalue weighted by molar-refractivity contribution is 7.11. The Morgan fingerprint density at radius 3 is 3.00 bits per heavy atom. The quantitative estimate of drug-likeness (QED) is 0.818. The highest BCUT2D eigenvalue weighted by atomic mass is 32.1. The summed E-state index contributed by atoms with van der Waals surface area (Å²) in [7, 11) is 1.79. The Balaban J connectivity index is 1.92. The van der Waals surface area contributed by atoms with Gasteiger partial charge in [-0.3, -0.25) is 4.79 Å². The summed E-state index contributed by atoms with van der Waals surface area (Å²) in [4.78, 5) is 30.0. The molecule has 0 spiro atoms. The number of hydrogen-bond donors (Lipinski definition) is 2. The fourth-order valence-electron chi connectivity index (χ4n) is 2.59. The lowest BCUT2D eigenvalue weighted by Crippen LogP contribution is -2.40. The number of hydrogen-bond acceptors (Lipinski definition) is 4. The van der Waals surface area contributed by atoms with E-state index in [0.717, 1.165) is 30.0 Å². The Morgan fingerprint density at radius 1 is 1.52 bits per heavy atom. The van der Waals surface area contributed by atoms with E-state index in [1.54, 1.807) is 23.3 Å². The molecule has 1 unspecified atom stereocenters. The van der Waals surface area contributed by atoms with Crippen LogP contribution in [0.3, 0.4) is 0 Å². The molecule has 1 aromatic heterocycles. The number of carboxylic acids is 1. The van der Waals surface area contributed by atoms with Crippen molar-refractivity contribution in [2.45, 2.75) is 45.1 Å². The van der Waals surface area contributed by atoms with Crippen molar-refractivity contribution in [1.82, 2.24) is 15.2 Å². The van der Waals surface area contributed by atoms with Crippen LogP contribution in [-0.4, -0.2) is 40.6 Å². The number of rotatable bonds is 5. The number of aryl methyl sites for hydroxylation is 2. The van der Waals surface area contributed by atoms with Gasteiger partial charge in [-0.1, -0.05) is 0 Å². The number of nitrogens with one attached hydrogen (secondary N) is 1. The largest absolute Gasteiger partial charge is 0.481 e. The van der Waals surface area contributed by atoms with Crippen LogP contribution in [0.4, 0.5) is 4.79 Å². The van der Waals surface area contributed by atoms with Crippen molar-refractivity contribution in [1.29, 1.82) is 0 Å². The maximum Gasteiger partial charge on any atom is 0.317 e. The van der Waals surface area contributed by atoms with Gasteiger partial charge >= 0.3 is 12.0 Å². The van der Waals surface area contributed by atoms with E-state index in [-0.39, 0.29) is 18.5 Å². The van der Waals surface area contributed by atoms with Gasteiger partial charge in [0.15, 0.2) is 0 Å². The zero-order valence-corrected chi connectivity index (χ0v) is 13.2.